The van der Waals surface area contributed by atoms with Gasteiger partial charge in [-0.05, 0) is 24.3 Å². The van der Waals surface area contributed by atoms with E-state index in [0.29, 0.717) is 0 Å². The maximum absolute atomic E-state index is 13.4. The number of carbonyl (C=O) groups excluding carboxylic acids is 1. The van der Waals surface area contributed by atoms with Crippen LogP contribution in [0.1, 0.15) is 10.5 Å². The highest BCUT2D eigenvalue weighted by Crippen LogP contribution is 2.23. The van der Waals surface area contributed by atoms with Gasteiger partial charge in [-0.15, -0.1) is 0 Å². The molecule has 2 aromatic rings. The van der Waals surface area contributed by atoms with Crippen LogP contribution in [0.15, 0.2) is 29.2 Å². The molecule has 0 aliphatic carbocycles. The van der Waals surface area contributed by atoms with Crippen LogP contribution in [0.4, 0.5) is 10.1 Å². The molecule has 0 bridgehead atoms. The predicted molar refractivity (Wildman–Crippen MR) is 76.5 cm³/mol. The van der Waals surface area contributed by atoms with E-state index in [-0.39, 0.29) is 21.6 Å². The number of amides is 1. The van der Waals surface area contributed by atoms with Crippen molar-refractivity contribution in [2.24, 2.45) is 5.14 Å². The Labute approximate surface area is 129 Å². The Kier molecular flexibility index (Phi) is 4.24. The van der Waals surface area contributed by atoms with Gasteiger partial charge in [0.25, 0.3) is 5.91 Å². The summed E-state index contributed by atoms with van der Waals surface area (Å²) in [4.78, 5) is 13.9. The van der Waals surface area contributed by atoms with Crippen LogP contribution in [0.25, 0.3) is 0 Å². The number of sulfonamides is 1. The van der Waals surface area contributed by atoms with E-state index in [0.717, 1.165) is 18.2 Å². The molecule has 0 unspecified atom stereocenters. The fourth-order valence-electron chi connectivity index (χ4n) is 1.52. The lowest BCUT2D eigenvalue weighted by molar-refractivity contribution is 0.102. The molecule has 1 amide bonds. The first-order valence-corrected chi connectivity index (χ1v) is 7.66. The largest absolute Gasteiger partial charge is 0.340 e. The summed E-state index contributed by atoms with van der Waals surface area (Å²) >= 11 is 11.4. The van der Waals surface area contributed by atoms with E-state index in [9.17, 15) is 17.6 Å². The van der Waals surface area contributed by atoms with Crippen LogP contribution in [0, 0.1) is 5.82 Å². The molecule has 0 saturated heterocycles. The number of carbonyl (C=O) groups is 1. The van der Waals surface area contributed by atoms with E-state index in [1.54, 1.807) is 0 Å². The molecule has 0 aliphatic heterocycles. The van der Waals surface area contributed by atoms with Crippen LogP contribution in [0.5, 0.6) is 0 Å². The van der Waals surface area contributed by atoms with Gasteiger partial charge >= 0.3 is 0 Å². The highest BCUT2D eigenvalue weighted by molar-refractivity contribution is 7.89. The SMILES string of the molecule is NS(=O)(=O)c1cc(F)cc(NC(=O)c2cc(Cl)c(Cl)[nH]2)c1. The Hall–Kier alpha value is -1.61. The number of aromatic nitrogens is 1. The van der Waals surface area contributed by atoms with Crippen LogP contribution in [0.2, 0.25) is 10.2 Å². The second kappa shape index (κ2) is 5.64. The monoisotopic (exact) mass is 351 g/mol. The van der Waals surface area contributed by atoms with Crippen molar-refractivity contribution < 1.29 is 17.6 Å². The summed E-state index contributed by atoms with van der Waals surface area (Å²) < 4.78 is 35.8. The molecule has 10 heteroatoms. The first kappa shape index (κ1) is 15.8. The third-order valence-electron chi connectivity index (χ3n) is 2.43. The fraction of sp³-hybridized carbons (Fsp3) is 0. The number of halogens is 3. The predicted octanol–water partition coefficient (Wildman–Crippen LogP) is 2.36. The van der Waals surface area contributed by atoms with Crippen molar-refractivity contribution in [2.45, 2.75) is 4.90 Å². The van der Waals surface area contributed by atoms with E-state index < -0.39 is 26.6 Å². The highest BCUT2D eigenvalue weighted by Gasteiger charge is 2.15. The van der Waals surface area contributed by atoms with Gasteiger partial charge in [-0.2, -0.15) is 0 Å². The first-order valence-electron chi connectivity index (χ1n) is 5.35. The van der Waals surface area contributed by atoms with Crippen LogP contribution in [-0.4, -0.2) is 19.3 Å². The molecular formula is C11H8Cl2FN3O3S. The molecule has 1 aromatic heterocycles. The second-order valence-electron chi connectivity index (χ2n) is 4.02. The van der Waals surface area contributed by atoms with E-state index >= 15 is 0 Å². The van der Waals surface area contributed by atoms with Crippen molar-refractivity contribution in [2.75, 3.05) is 5.32 Å². The summed E-state index contributed by atoms with van der Waals surface area (Å²) in [5, 5.41) is 7.44. The normalized spacial score (nSPS) is 11.4. The summed E-state index contributed by atoms with van der Waals surface area (Å²) in [7, 11) is -4.09. The van der Waals surface area contributed by atoms with Crippen LogP contribution in [-0.2, 0) is 10.0 Å². The molecule has 2 rings (SSSR count). The molecule has 1 heterocycles. The highest BCUT2D eigenvalue weighted by atomic mass is 35.5. The molecule has 0 spiro atoms. The molecule has 4 N–H and O–H groups in total. The number of benzene rings is 1. The molecule has 112 valence electrons. The van der Waals surface area contributed by atoms with Gasteiger partial charge in [0.15, 0.2) is 0 Å². The summed E-state index contributed by atoms with van der Waals surface area (Å²) in [5.41, 5.74) is -0.0442. The Balaban J connectivity index is 2.31. The van der Waals surface area contributed by atoms with Crippen molar-refractivity contribution in [3.8, 4) is 0 Å². The standard InChI is InChI=1S/C11H8Cl2FN3O3S/c12-8-4-9(17-10(8)13)11(18)16-6-1-5(14)2-7(3-6)21(15,19)20/h1-4,17H,(H,16,18)(H2,15,19,20). The number of hydrogen-bond donors (Lipinski definition) is 3. The Morgan fingerprint density at radius 3 is 2.43 bits per heavy atom. The van der Waals surface area contributed by atoms with Crippen molar-refractivity contribution in [1.29, 1.82) is 0 Å². The topological polar surface area (TPSA) is 105 Å². The number of nitrogens with one attached hydrogen (secondary N) is 2. The van der Waals surface area contributed by atoms with Gasteiger partial charge in [0.2, 0.25) is 10.0 Å². The Bertz CT molecular complexity index is 801. The minimum atomic E-state index is -4.09. The minimum Gasteiger partial charge on any atom is -0.340 e. The first-order chi connectivity index (χ1) is 9.66. The molecule has 6 nitrogen and oxygen atoms in total. The number of H-pyrrole nitrogens is 1. The quantitative estimate of drug-likeness (QED) is 0.790. The number of hydrogen-bond acceptors (Lipinski definition) is 3. The van der Waals surface area contributed by atoms with Crippen molar-refractivity contribution in [1.82, 2.24) is 4.98 Å². The van der Waals surface area contributed by atoms with E-state index in [4.69, 9.17) is 28.3 Å². The maximum Gasteiger partial charge on any atom is 0.272 e. The molecule has 0 atom stereocenters. The van der Waals surface area contributed by atoms with Gasteiger partial charge < -0.3 is 10.3 Å². The number of rotatable bonds is 3. The van der Waals surface area contributed by atoms with Crippen molar-refractivity contribution in [3.63, 3.8) is 0 Å². The zero-order valence-corrected chi connectivity index (χ0v) is 12.5. The lowest BCUT2D eigenvalue weighted by Gasteiger charge is -2.06. The van der Waals surface area contributed by atoms with Crippen LogP contribution >= 0.6 is 23.2 Å². The van der Waals surface area contributed by atoms with Gasteiger partial charge in [0, 0.05) is 5.69 Å². The molecular weight excluding hydrogens is 344 g/mol. The minimum absolute atomic E-state index is 0.0337. The number of primary sulfonamides is 1. The van der Waals surface area contributed by atoms with Crippen molar-refractivity contribution >= 4 is 44.8 Å². The molecule has 0 fully saturated rings. The third kappa shape index (κ3) is 3.73. The van der Waals surface area contributed by atoms with E-state index in [1.165, 1.54) is 6.07 Å². The zero-order chi connectivity index (χ0) is 15.8. The molecule has 0 saturated carbocycles. The number of aromatic amines is 1. The van der Waals surface area contributed by atoms with Gasteiger partial charge in [-0.3, -0.25) is 4.79 Å². The smallest absolute Gasteiger partial charge is 0.272 e. The summed E-state index contributed by atoms with van der Waals surface area (Å²) in [6.07, 6.45) is 0. The number of nitrogens with two attached hydrogens (primary N) is 1. The fourth-order valence-corrected chi connectivity index (χ4v) is 2.40. The lowest BCUT2D eigenvalue weighted by Crippen LogP contribution is -2.15. The molecule has 1 aromatic carbocycles. The molecule has 0 aliphatic rings. The lowest BCUT2D eigenvalue weighted by atomic mass is 10.3. The maximum atomic E-state index is 13.4. The summed E-state index contributed by atoms with van der Waals surface area (Å²) in [6, 6.07) is 3.99. The van der Waals surface area contributed by atoms with Gasteiger partial charge in [0.1, 0.15) is 16.7 Å². The Morgan fingerprint density at radius 2 is 1.90 bits per heavy atom. The second-order valence-corrected chi connectivity index (χ2v) is 6.37. The van der Waals surface area contributed by atoms with Gasteiger partial charge in [0.05, 0.1) is 9.92 Å². The summed E-state index contributed by atoms with van der Waals surface area (Å²) in [5.74, 6) is -1.53. The summed E-state index contributed by atoms with van der Waals surface area (Å²) in [6.45, 7) is 0. The third-order valence-corrected chi connectivity index (χ3v) is 4.01. The van der Waals surface area contributed by atoms with Gasteiger partial charge in [-0.1, -0.05) is 23.2 Å². The molecule has 0 radical (unpaired) electrons. The molecule has 21 heavy (non-hydrogen) atoms. The average molecular weight is 352 g/mol. The van der Waals surface area contributed by atoms with Gasteiger partial charge in [-0.25, -0.2) is 17.9 Å². The number of anilines is 1. The Morgan fingerprint density at radius 1 is 1.24 bits per heavy atom. The van der Waals surface area contributed by atoms with Crippen molar-refractivity contribution in [3.05, 3.63) is 46.0 Å². The van der Waals surface area contributed by atoms with E-state index in [1.807, 2.05) is 0 Å². The van der Waals surface area contributed by atoms with E-state index in [2.05, 4.69) is 10.3 Å². The van der Waals surface area contributed by atoms with Crippen LogP contribution in [0.3, 0.4) is 0 Å². The van der Waals surface area contributed by atoms with Crippen LogP contribution < -0.4 is 10.5 Å². The zero-order valence-electron chi connectivity index (χ0n) is 10.2. The average Bonchev–Trinajstić information content (AvgIpc) is 2.68.